The van der Waals surface area contributed by atoms with Gasteiger partial charge in [-0.15, -0.1) is 0 Å². The molecule has 1 fully saturated rings. The van der Waals surface area contributed by atoms with E-state index >= 15 is 0 Å². The smallest absolute Gasteiger partial charge is 0.211 e. The van der Waals surface area contributed by atoms with Gasteiger partial charge in [0, 0.05) is 13.0 Å². The van der Waals surface area contributed by atoms with Gasteiger partial charge >= 0.3 is 0 Å². The minimum Gasteiger partial charge on any atom is -0.447 e. The third-order valence-corrected chi connectivity index (χ3v) is 2.56. The highest BCUT2D eigenvalue weighted by Gasteiger charge is 2.20. The maximum atomic E-state index is 5.44. The van der Waals surface area contributed by atoms with Crippen LogP contribution in [0, 0.1) is 0 Å². The molecule has 1 aliphatic heterocycles. The predicted molar refractivity (Wildman–Crippen MR) is 54.1 cm³/mol. The van der Waals surface area contributed by atoms with E-state index in [1.807, 2.05) is 7.05 Å². The summed E-state index contributed by atoms with van der Waals surface area (Å²) in [5, 5.41) is 6.47. The van der Waals surface area contributed by atoms with Crippen LogP contribution in [-0.2, 0) is 6.42 Å². The van der Waals surface area contributed by atoms with Crippen LogP contribution in [0.1, 0.15) is 30.5 Å². The fraction of sp³-hybridized carbons (Fsp3) is 0.700. The van der Waals surface area contributed by atoms with Crippen molar-refractivity contribution in [1.82, 2.24) is 15.6 Å². The van der Waals surface area contributed by atoms with Gasteiger partial charge < -0.3 is 15.1 Å². The second-order valence-corrected chi connectivity index (χ2v) is 3.68. The third kappa shape index (κ3) is 2.13. The summed E-state index contributed by atoms with van der Waals surface area (Å²) in [5.41, 5.74) is 1.04. The zero-order valence-corrected chi connectivity index (χ0v) is 8.55. The van der Waals surface area contributed by atoms with Crippen LogP contribution in [-0.4, -0.2) is 25.1 Å². The summed E-state index contributed by atoms with van der Waals surface area (Å²) in [5.74, 6) is 0.855. The Labute approximate surface area is 84.1 Å². The molecule has 0 bridgehead atoms. The number of aromatic nitrogens is 1. The summed E-state index contributed by atoms with van der Waals surface area (Å²) >= 11 is 0. The van der Waals surface area contributed by atoms with E-state index in [2.05, 4.69) is 15.6 Å². The number of nitrogens with zero attached hydrogens (tertiary/aromatic N) is 1. The van der Waals surface area contributed by atoms with Gasteiger partial charge in [-0.3, -0.25) is 0 Å². The lowest BCUT2D eigenvalue weighted by atomic mass is 10.2. The van der Waals surface area contributed by atoms with Crippen LogP contribution in [0.5, 0.6) is 0 Å². The van der Waals surface area contributed by atoms with Crippen LogP contribution in [0.3, 0.4) is 0 Å². The van der Waals surface area contributed by atoms with Gasteiger partial charge in [0.05, 0.1) is 11.7 Å². The zero-order chi connectivity index (χ0) is 9.80. The Hall–Kier alpha value is -0.870. The van der Waals surface area contributed by atoms with E-state index in [4.69, 9.17) is 4.42 Å². The van der Waals surface area contributed by atoms with Crippen molar-refractivity contribution in [1.29, 1.82) is 0 Å². The van der Waals surface area contributed by atoms with Crippen molar-refractivity contribution >= 4 is 0 Å². The van der Waals surface area contributed by atoms with Crippen LogP contribution < -0.4 is 10.6 Å². The molecule has 2 heterocycles. The first kappa shape index (κ1) is 9.68. The Bertz CT molecular complexity index is 279. The van der Waals surface area contributed by atoms with E-state index in [0.717, 1.165) is 37.5 Å². The average molecular weight is 195 g/mol. The van der Waals surface area contributed by atoms with Gasteiger partial charge in [0.25, 0.3) is 0 Å². The molecular weight excluding hydrogens is 178 g/mol. The number of hydrogen-bond donors (Lipinski definition) is 2. The van der Waals surface area contributed by atoms with E-state index < -0.39 is 0 Å². The molecular formula is C10H17N3O. The number of likely N-dealkylation sites (N-methyl/N-ethyl adjacent to an activating group) is 1. The van der Waals surface area contributed by atoms with E-state index in [1.54, 1.807) is 6.26 Å². The van der Waals surface area contributed by atoms with Crippen molar-refractivity contribution in [2.75, 3.05) is 20.1 Å². The van der Waals surface area contributed by atoms with E-state index in [9.17, 15) is 0 Å². The minimum atomic E-state index is 0.346. The minimum absolute atomic E-state index is 0.346. The van der Waals surface area contributed by atoms with Gasteiger partial charge in [0.15, 0.2) is 0 Å². The van der Waals surface area contributed by atoms with Gasteiger partial charge in [-0.1, -0.05) is 0 Å². The van der Waals surface area contributed by atoms with Crippen LogP contribution in [0.15, 0.2) is 10.7 Å². The van der Waals surface area contributed by atoms with Crippen molar-refractivity contribution < 1.29 is 4.42 Å². The van der Waals surface area contributed by atoms with Gasteiger partial charge in [0.1, 0.15) is 6.26 Å². The molecule has 1 aromatic heterocycles. The molecule has 14 heavy (non-hydrogen) atoms. The molecule has 2 N–H and O–H groups in total. The lowest BCUT2D eigenvalue weighted by Crippen LogP contribution is -2.14. The molecule has 2 rings (SSSR count). The highest BCUT2D eigenvalue weighted by Crippen LogP contribution is 2.22. The summed E-state index contributed by atoms with van der Waals surface area (Å²) in [6.45, 7) is 2.03. The van der Waals surface area contributed by atoms with Crippen LogP contribution >= 0.6 is 0 Å². The second-order valence-electron chi connectivity index (χ2n) is 3.68. The Morgan fingerprint density at radius 1 is 1.71 bits per heavy atom. The number of hydrogen-bond acceptors (Lipinski definition) is 4. The lowest BCUT2D eigenvalue weighted by Gasteiger charge is -2.02. The molecule has 1 aliphatic rings. The van der Waals surface area contributed by atoms with Gasteiger partial charge in [-0.2, -0.15) is 0 Å². The molecule has 4 nitrogen and oxygen atoms in total. The predicted octanol–water partition coefficient (Wildman–Crippen LogP) is 0.861. The molecule has 1 atom stereocenters. The summed E-state index contributed by atoms with van der Waals surface area (Å²) in [6.07, 6.45) is 5.07. The molecule has 1 saturated heterocycles. The van der Waals surface area contributed by atoms with Crippen LogP contribution in [0.4, 0.5) is 0 Å². The van der Waals surface area contributed by atoms with Crippen molar-refractivity contribution in [3.63, 3.8) is 0 Å². The summed E-state index contributed by atoms with van der Waals surface area (Å²) in [7, 11) is 1.94. The molecule has 0 aromatic carbocycles. The molecule has 4 heteroatoms. The highest BCUT2D eigenvalue weighted by molar-refractivity contribution is 5.02. The Kier molecular flexibility index (Phi) is 3.16. The monoisotopic (exact) mass is 195 g/mol. The first-order chi connectivity index (χ1) is 6.90. The Balaban J connectivity index is 1.94. The fourth-order valence-corrected chi connectivity index (χ4v) is 1.75. The Morgan fingerprint density at radius 3 is 3.36 bits per heavy atom. The number of oxazole rings is 1. The van der Waals surface area contributed by atoms with Gasteiger partial charge in [-0.05, 0) is 26.4 Å². The fourth-order valence-electron chi connectivity index (χ4n) is 1.75. The quantitative estimate of drug-likeness (QED) is 0.748. The Morgan fingerprint density at radius 2 is 2.64 bits per heavy atom. The molecule has 78 valence electrons. The zero-order valence-electron chi connectivity index (χ0n) is 8.55. The molecule has 0 spiro atoms. The second kappa shape index (κ2) is 4.57. The average Bonchev–Trinajstić information content (AvgIpc) is 2.85. The van der Waals surface area contributed by atoms with Crippen LogP contribution in [0.2, 0.25) is 0 Å². The molecule has 0 radical (unpaired) electrons. The summed E-state index contributed by atoms with van der Waals surface area (Å²) < 4.78 is 5.44. The SMILES string of the molecule is CNCCc1coc(C2CCCN2)n1. The van der Waals surface area contributed by atoms with E-state index in [1.165, 1.54) is 6.42 Å². The first-order valence-electron chi connectivity index (χ1n) is 5.22. The van der Waals surface area contributed by atoms with Crippen molar-refractivity contribution in [3.8, 4) is 0 Å². The van der Waals surface area contributed by atoms with E-state index in [0.29, 0.717) is 6.04 Å². The maximum Gasteiger partial charge on any atom is 0.211 e. The van der Waals surface area contributed by atoms with Gasteiger partial charge in [-0.25, -0.2) is 4.98 Å². The first-order valence-corrected chi connectivity index (χ1v) is 5.22. The summed E-state index contributed by atoms with van der Waals surface area (Å²) in [6, 6.07) is 0.346. The topological polar surface area (TPSA) is 50.1 Å². The summed E-state index contributed by atoms with van der Waals surface area (Å²) in [4.78, 5) is 4.46. The maximum absolute atomic E-state index is 5.44. The van der Waals surface area contributed by atoms with Gasteiger partial charge in [0.2, 0.25) is 5.89 Å². The largest absolute Gasteiger partial charge is 0.447 e. The van der Waals surface area contributed by atoms with Crippen molar-refractivity contribution in [2.24, 2.45) is 0 Å². The van der Waals surface area contributed by atoms with Crippen molar-refractivity contribution in [3.05, 3.63) is 17.8 Å². The molecule has 1 aromatic rings. The van der Waals surface area contributed by atoms with Crippen molar-refractivity contribution in [2.45, 2.75) is 25.3 Å². The van der Waals surface area contributed by atoms with E-state index in [-0.39, 0.29) is 0 Å². The molecule has 0 saturated carbocycles. The third-order valence-electron chi connectivity index (χ3n) is 2.56. The molecule has 1 unspecified atom stereocenters. The highest BCUT2D eigenvalue weighted by atomic mass is 16.3. The molecule has 0 aliphatic carbocycles. The standard InChI is InChI=1S/C10H17N3O/c1-11-6-4-8-7-14-10(13-8)9-3-2-5-12-9/h7,9,11-12H,2-6H2,1H3. The normalized spacial score (nSPS) is 21.6. The lowest BCUT2D eigenvalue weighted by molar-refractivity contribution is 0.429. The van der Waals surface area contributed by atoms with Crippen LogP contribution in [0.25, 0.3) is 0 Å². The number of nitrogens with one attached hydrogen (secondary N) is 2. The number of rotatable bonds is 4. The molecule has 0 amide bonds.